The highest BCUT2D eigenvalue weighted by atomic mass is 32.2. The second-order valence-electron chi connectivity index (χ2n) is 4.54. The Morgan fingerprint density at radius 1 is 1.24 bits per heavy atom. The minimum absolute atomic E-state index is 0.0879. The molecule has 1 aromatic rings. The van der Waals surface area contributed by atoms with Crippen molar-refractivity contribution in [2.24, 2.45) is 0 Å². The molecule has 0 saturated heterocycles. The standard InChI is InChI=1S/C13H17N3O4S/c1-15(8-7-13(17)18)21(19,20)16(2)10-12-5-3-11(9-14)4-6-12/h3-6H,7-8,10H2,1-2H3,(H,17,18). The average molecular weight is 311 g/mol. The third-order valence-corrected chi connectivity index (χ3v) is 4.80. The van der Waals surface area contributed by atoms with Crippen molar-refractivity contribution in [3.05, 3.63) is 35.4 Å². The number of hydrogen-bond acceptors (Lipinski definition) is 4. The molecule has 1 aromatic carbocycles. The van der Waals surface area contributed by atoms with E-state index in [9.17, 15) is 13.2 Å². The highest BCUT2D eigenvalue weighted by molar-refractivity contribution is 7.86. The third-order valence-electron chi connectivity index (χ3n) is 2.92. The van der Waals surface area contributed by atoms with Crippen molar-refractivity contribution in [3.8, 4) is 6.07 Å². The lowest BCUT2D eigenvalue weighted by molar-refractivity contribution is -0.137. The van der Waals surface area contributed by atoms with Gasteiger partial charge in [-0.2, -0.15) is 22.3 Å². The minimum Gasteiger partial charge on any atom is -0.481 e. The maximum atomic E-state index is 12.2. The van der Waals surface area contributed by atoms with E-state index in [1.54, 1.807) is 24.3 Å². The Kier molecular flexibility index (Phi) is 5.84. The summed E-state index contributed by atoms with van der Waals surface area (Å²) < 4.78 is 26.5. The van der Waals surface area contributed by atoms with Gasteiger partial charge in [-0.1, -0.05) is 12.1 Å². The highest BCUT2D eigenvalue weighted by Crippen LogP contribution is 2.11. The van der Waals surface area contributed by atoms with Crippen LogP contribution in [-0.2, 0) is 21.5 Å². The summed E-state index contributed by atoms with van der Waals surface area (Å²) >= 11 is 0. The summed E-state index contributed by atoms with van der Waals surface area (Å²) in [4.78, 5) is 10.5. The van der Waals surface area contributed by atoms with Gasteiger partial charge in [0.15, 0.2) is 0 Å². The van der Waals surface area contributed by atoms with E-state index in [2.05, 4.69) is 0 Å². The van der Waals surface area contributed by atoms with Gasteiger partial charge in [-0.25, -0.2) is 0 Å². The number of carboxylic acids is 1. The van der Waals surface area contributed by atoms with Crippen LogP contribution in [0, 0.1) is 11.3 Å². The summed E-state index contributed by atoms with van der Waals surface area (Å²) in [5.41, 5.74) is 1.24. The van der Waals surface area contributed by atoms with Crippen LogP contribution in [0.25, 0.3) is 0 Å². The van der Waals surface area contributed by atoms with E-state index in [4.69, 9.17) is 10.4 Å². The van der Waals surface area contributed by atoms with Crippen LogP contribution in [0.4, 0.5) is 0 Å². The Hall–Kier alpha value is -1.95. The van der Waals surface area contributed by atoms with Crippen LogP contribution in [0.2, 0.25) is 0 Å². The molecule has 0 unspecified atom stereocenters. The van der Waals surface area contributed by atoms with Gasteiger partial charge in [0.1, 0.15) is 0 Å². The maximum Gasteiger partial charge on any atom is 0.304 e. The second kappa shape index (κ2) is 7.17. The number of nitriles is 1. The minimum atomic E-state index is -3.71. The molecule has 0 spiro atoms. The first kappa shape index (κ1) is 17.1. The molecule has 0 atom stereocenters. The summed E-state index contributed by atoms with van der Waals surface area (Å²) in [5.74, 6) is -1.05. The second-order valence-corrected chi connectivity index (χ2v) is 6.68. The zero-order valence-electron chi connectivity index (χ0n) is 11.9. The Morgan fingerprint density at radius 2 is 1.81 bits per heavy atom. The number of hydrogen-bond donors (Lipinski definition) is 1. The van der Waals surface area contributed by atoms with Gasteiger partial charge in [0.05, 0.1) is 18.1 Å². The first-order valence-electron chi connectivity index (χ1n) is 6.16. The van der Waals surface area contributed by atoms with Crippen molar-refractivity contribution < 1.29 is 18.3 Å². The molecule has 0 bridgehead atoms. The first-order chi connectivity index (χ1) is 9.77. The van der Waals surface area contributed by atoms with Gasteiger partial charge in [0.2, 0.25) is 0 Å². The summed E-state index contributed by atoms with van der Waals surface area (Å²) in [6.45, 7) is 0.0564. The van der Waals surface area contributed by atoms with Crippen LogP contribution >= 0.6 is 0 Å². The predicted octanol–water partition coefficient (Wildman–Crippen LogP) is 0.641. The van der Waals surface area contributed by atoms with Crippen molar-refractivity contribution in [1.29, 1.82) is 5.26 Å². The molecular formula is C13H17N3O4S. The van der Waals surface area contributed by atoms with Crippen LogP contribution in [0.1, 0.15) is 17.5 Å². The molecule has 0 aliphatic heterocycles. The number of benzene rings is 1. The van der Waals surface area contributed by atoms with Gasteiger partial charge in [0.25, 0.3) is 10.2 Å². The molecule has 0 amide bonds. The van der Waals surface area contributed by atoms with Crippen molar-refractivity contribution >= 4 is 16.2 Å². The number of carboxylic acid groups (broad SMARTS) is 1. The number of aliphatic carboxylic acids is 1. The number of carbonyl (C=O) groups is 1. The maximum absolute atomic E-state index is 12.2. The van der Waals surface area contributed by atoms with E-state index in [0.29, 0.717) is 5.56 Å². The molecule has 0 heterocycles. The van der Waals surface area contributed by atoms with E-state index in [1.807, 2.05) is 6.07 Å². The van der Waals surface area contributed by atoms with E-state index < -0.39 is 16.2 Å². The quantitative estimate of drug-likeness (QED) is 0.796. The Balaban J connectivity index is 2.74. The van der Waals surface area contributed by atoms with Crippen molar-refractivity contribution in [3.63, 3.8) is 0 Å². The number of nitrogens with zero attached hydrogens (tertiary/aromatic N) is 3. The van der Waals surface area contributed by atoms with E-state index >= 15 is 0 Å². The molecule has 0 aliphatic carbocycles. The van der Waals surface area contributed by atoms with Gasteiger partial charge in [-0.15, -0.1) is 0 Å². The van der Waals surface area contributed by atoms with Gasteiger partial charge in [-0.05, 0) is 17.7 Å². The van der Waals surface area contributed by atoms with Crippen molar-refractivity contribution in [2.45, 2.75) is 13.0 Å². The van der Waals surface area contributed by atoms with Crippen LogP contribution in [0.3, 0.4) is 0 Å². The molecule has 0 fully saturated rings. The fourth-order valence-corrected chi connectivity index (χ4v) is 2.74. The molecule has 0 aliphatic rings. The zero-order chi connectivity index (χ0) is 16.0. The summed E-state index contributed by atoms with van der Waals surface area (Å²) in [5, 5.41) is 17.3. The topological polar surface area (TPSA) is 102 Å². The molecule has 8 heteroatoms. The molecular weight excluding hydrogens is 294 g/mol. The fraction of sp³-hybridized carbons (Fsp3) is 0.385. The predicted molar refractivity (Wildman–Crippen MR) is 76.4 cm³/mol. The summed E-state index contributed by atoms with van der Waals surface area (Å²) in [7, 11) is -0.948. The molecule has 7 nitrogen and oxygen atoms in total. The van der Waals surface area contributed by atoms with Crippen molar-refractivity contribution in [2.75, 3.05) is 20.6 Å². The highest BCUT2D eigenvalue weighted by Gasteiger charge is 2.24. The SMILES string of the molecule is CN(CCC(=O)O)S(=O)(=O)N(C)Cc1ccc(C#N)cc1. The lowest BCUT2D eigenvalue weighted by Gasteiger charge is -2.24. The zero-order valence-corrected chi connectivity index (χ0v) is 12.7. The van der Waals surface area contributed by atoms with Gasteiger partial charge >= 0.3 is 5.97 Å². The lowest BCUT2D eigenvalue weighted by Crippen LogP contribution is -2.40. The monoisotopic (exact) mass is 311 g/mol. The molecule has 21 heavy (non-hydrogen) atoms. The smallest absolute Gasteiger partial charge is 0.304 e. The number of rotatable bonds is 7. The van der Waals surface area contributed by atoms with Gasteiger partial charge < -0.3 is 5.11 Å². The molecule has 114 valence electrons. The normalized spacial score (nSPS) is 11.6. The summed E-state index contributed by atoms with van der Waals surface area (Å²) in [6, 6.07) is 8.58. The Bertz CT molecular complexity index is 634. The van der Waals surface area contributed by atoms with Crippen LogP contribution in [0.5, 0.6) is 0 Å². The van der Waals surface area contributed by atoms with Crippen LogP contribution < -0.4 is 0 Å². The summed E-state index contributed by atoms with van der Waals surface area (Å²) in [6.07, 6.45) is -0.250. The average Bonchev–Trinajstić information content (AvgIpc) is 2.45. The molecule has 0 saturated carbocycles. The fourth-order valence-electron chi connectivity index (χ4n) is 1.63. The van der Waals surface area contributed by atoms with Crippen molar-refractivity contribution in [1.82, 2.24) is 8.61 Å². The van der Waals surface area contributed by atoms with Gasteiger partial charge in [0, 0.05) is 27.2 Å². The molecule has 1 N–H and O–H groups in total. The van der Waals surface area contributed by atoms with Gasteiger partial charge in [-0.3, -0.25) is 4.79 Å². The molecule has 1 rings (SSSR count). The Labute approximate surface area is 124 Å². The molecule has 0 aromatic heterocycles. The van der Waals surface area contributed by atoms with Crippen LogP contribution in [-0.4, -0.2) is 48.7 Å². The largest absolute Gasteiger partial charge is 0.481 e. The Morgan fingerprint density at radius 3 is 2.29 bits per heavy atom. The third kappa shape index (κ3) is 4.82. The van der Waals surface area contributed by atoms with E-state index in [-0.39, 0.29) is 19.5 Å². The van der Waals surface area contributed by atoms with E-state index in [0.717, 1.165) is 14.2 Å². The van der Waals surface area contributed by atoms with E-state index in [1.165, 1.54) is 14.1 Å². The van der Waals surface area contributed by atoms with Crippen LogP contribution in [0.15, 0.2) is 24.3 Å². The molecule has 0 radical (unpaired) electrons. The lowest BCUT2D eigenvalue weighted by atomic mass is 10.1. The first-order valence-corrected chi connectivity index (χ1v) is 7.55.